The van der Waals surface area contributed by atoms with Crippen LogP contribution in [0.2, 0.25) is 0 Å². The van der Waals surface area contributed by atoms with Gasteiger partial charge in [-0.15, -0.1) is 0 Å². The van der Waals surface area contributed by atoms with Crippen molar-refractivity contribution in [3.8, 4) is 0 Å². The quantitative estimate of drug-likeness (QED) is 0.738. The maximum atomic E-state index is 3.90. The van der Waals surface area contributed by atoms with Crippen LogP contribution in [0.15, 0.2) is 42.5 Å². The highest BCUT2D eigenvalue weighted by Crippen LogP contribution is 2.36. The summed E-state index contributed by atoms with van der Waals surface area (Å²) in [6.45, 7) is 6.93. The van der Waals surface area contributed by atoms with E-state index in [0.717, 1.165) is 12.5 Å². The van der Waals surface area contributed by atoms with Crippen LogP contribution in [0.4, 0.5) is 0 Å². The predicted molar refractivity (Wildman–Crippen MR) is 65.0 cm³/mol. The molecule has 1 saturated carbocycles. The van der Waals surface area contributed by atoms with Gasteiger partial charge < -0.3 is 5.32 Å². The van der Waals surface area contributed by atoms with Gasteiger partial charge in [0.15, 0.2) is 0 Å². The van der Waals surface area contributed by atoms with Crippen LogP contribution in [0, 0.1) is 0 Å². The molecule has 0 aliphatic heterocycles. The van der Waals surface area contributed by atoms with Crippen LogP contribution < -0.4 is 5.32 Å². The fourth-order valence-corrected chi connectivity index (χ4v) is 2.10. The van der Waals surface area contributed by atoms with Crippen molar-refractivity contribution in [2.24, 2.45) is 0 Å². The highest BCUT2D eigenvalue weighted by Gasteiger charge is 2.29. The Morgan fingerprint density at radius 1 is 1.33 bits per heavy atom. The molecule has 1 aromatic rings. The fourth-order valence-electron chi connectivity index (χ4n) is 2.10. The summed E-state index contributed by atoms with van der Waals surface area (Å²) in [7, 11) is 0. The first-order chi connectivity index (χ1) is 7.25. The summed E-state index contributed by atoms with van der Waals surface area (Å²) in [5.74, 6) is 0.772. The van der Waals surface area contributed by atoms with Crippen LogP contribution in [-0.4, -0.2) is 12.6 Å². The first-order valence-electron chi connectivity index (χ1n) is 5.68. The van der Waals surface area contributed by atoms with Crippen molar-refractivity contribution in [3.05, 3.63) is 48.0 Å². The summed E-state index contributed by atoms with van der Waals surface area (Å²) < 4.78 is 0. The zero-order valence-corrected chi connectivity index (χ0v) is 9.37. The van der Waals surface area contributed by atoms with Crippen molar-refractivity contribution in [2.45, 2.75) is 31.7 Å². The number of hydrogen-bond donors (Lipinski definition) is 1. The molecule has 0 atom stereocenters. The highest BCUT2D eigenvalue weighted by molar-refractivity contribution is 5.22. The van der Waals surface area contributed by atoms with E-state index >= 15 is 0 Å². The average molecular weight is 201 g/mol. The predicted octanol–water partition coefficient (Wildman–Crippen LogP) is 3.10. The summed E-state index contributed by atoms with van der Waals surface area (Å²) in [6, 6.07) is 11.5. The molecule has 0 heterocycles. The number of benzene rings is 1. The summed E-state index contributed by atoms with van der Waals surface area (Å²) in [5, 5.41) is 3.52. The van der Waals surface area contributed by atoms with Gasteiger partial charge in [-0.25, -0.2) is 0 Å². The molecule has 1 N–H and O–H groups in total. The minimum absolute atomic E-state index is 0.701. The van der Waals surface area contributed by atoms with Crippen LogP contribution in [0.3, 0.4) is 0 Å². The Kier molecular flexibility index (Phi) is 3.22. The molecule has 0 spiro atoms. The molecule has 0 aromatic heterocycles. The first kappa shape index (κ1) is 10.4. The molecule has 15 heavy (non-hydrogen) atoms. The van der Waals surface area contributed by atoms with Gasteiger partial charge in [0, 0.05) is 12.6 Å². The Morgan fingerprint density at radius 2 is 2.00 bits per heavy atom. The van der Waals surface area contributed by atoms with Crippen LogP contribution in [-0.2, 0) is 0 Å². The maximum Gasteiger partial charge on any atom is 0.0161 e. The van der Waals surface area contributed by atoms with E-state index < -0.39 is 0 Å². The van der Waals surface area contributed by atoms with Crippen molar-refractivity contribution in [1.29, 1.82) is 0 Å². The Hall–Kier alpha value is -1.08. The fraction of sp³-hybridized carbons (Fsp3) is 0.429. The largest absolute Gasteiger partial charge is 0.310 e. The van der Waals surface area contributed by atoms with Crippen LogP contribution in [0.1, 0.15) is 31.2 Å². The van der Waals surface area contributed by atoms with E-state index in [1.54, 1.807) is 0 Å². The second kappa shape index (κ2) is 4.63. The standard InChI is InChI=1S/C14H19N/c1-11(2)10-15-14-8-13(9-14)12-6-4-3-5-7-12/h3-7,13-15H,1,8-10H2,2H3. The van der Waals surface area contributed by atoms with Gasteiger partial charge in [-0.2, -0.15) is 0 Å². The average Bonchev–Trinajstić information content (AvgIpc) is 2.16. The van der Waals surface area contributed by atoms with Gasteiger partial charge in [0.2, 0.25) is 0 Å². The third-order valence-corrected chi connectivity index (χ3v) is 3.10. The molecular weight excluding hydrogens is 182 g/mol. The zero-order valence-electron chi connectivity index (χ0n) is 9.37. The monoisotopic (exact) mass is 201 g/mol. The molecular formula is C14H19N. The maximum absolute atomic E-state index is 3.90. The van der Waals surface area contributed by atoms with E-state index in [2.05, 4.69) is 49.2 Å². The van der Waals surface area contributed by atoms with E-state index in [-0.39, 0.29) is 0 Å². The third kappa shape index (κ3) is 2.69. The van der Waals surface area contributed by atoms with Gasteiger partial charge in [0.1, 0.15) is 0 Å². The number of hydrogen-bond acceptors (Lipinski definition) is 1. The molecule has 1 aliphatic carbocycles. The molecule has 0 radical (unpaired) electrons. The number of rotatable bonds is 4. The first-order valence-corrected chi connectivity index (χ1v) is 5.68. The lowest BCUT2D eigenvalue weighted by molar-refractivity contribution is 0.298. The minimum atomic E-state index is 0.701. The minimum Gasteiger partial charge on any atom is -0.310 e. The SMILES string of the molecule is C=C(C)CNC1CC(c2ccccc2)C1. The molecule has 1 fully saturated rings. The molecule has 80 valence electrons. The van der Waals surface area contributed by atoms with Gasteiger partial charge >= 0.3 is 0 Å². The third-order valence-electron chi connectivity index (χ3n) is 3.10. The lowest BCUT2D eigenvalue weighted by Gasteiger charge is -2.36. The lowest BCUT2D eigenvalue weighted by Crippen LogP contribution is -2.40. The molecule has 1 nitrogen and oxygen atoms in total. The van der Waals surface area contributed by atoms with Crippen molar-refractivity contribution >= 4 is 0 Å². The van der Waals surface area contributed by atoms with Crippen molar-refractivity contribution in [1.82, 2.24) is 5.32 Å². The topological polar surface area (TPSA) is 12.0 Å². The van der Waals surface area contributed by atoms with E-state index in [1.165, 1.54) is 24.0 Å². The molecule has 1 heteroatoms. The van der Waals surface area contributed by atoms with Crippen LogP contribution in [0.5, 0.6) is 0 Å². The summed E-state index contributed by atoms with van der Waals surface area (Å²) in [5.41, 5.74) is 2.71. The van der Waals surface area contributed by atoms with E-state index in [0.29, 0.717) is 6.04 Å². The molecule has 0 saturated heterocycles. The zero-order chi connectivity index (χ0) is 10.7. The Morgan fingerprint density at radius 3 is 2.60 bits per heavy atom. The Bertz CT molecular complexity index is 322. The molecule has 0 amide bonds. The van der Waals surface area contributed by atoms with Crippen molar-refractivity contribution < 1.29 is 0 Å². The second-order valence-corrected chi connectivity index (χ2v) is 4.61. The number of nitrogens with one attached hydrogen (secondary N) is 1. The molecule has 2 rings (SSSR count). The van der Waals surface area contributed by atoms with Crippen LogP contribution >= 0.6 is 0 Å². The summed E-state index contributed by atoms with van der Waals surface area (Å²) in [6.07, 6.45) is 2.55. The van der Waals surface area contributed by atoms with Gasteiger partial charge in [0.25, 0.3) is 0 Å². The highest BCUT2D eigenvalue weighted by atomic mass is 14.9. The Balaban J connectivity index is 1.76. The van der Waals surface area contributed by atoms with E-state index in [4.69, 9.17) is 0 Å². The molecule has 1 aromatic carbocycles. The van der Waals surface area contributed by atoms with Gasteiger partial charge in [-0.3, -0.25) is 0 Å². The van der Waals surface area contributed by atoms with Crippen molar-refractivity contribution in [3.63, 3.8) is 0 Å². The smallest absolute Gasteiger partial charge is 0.0161 e. The second-order valence-electron chi connectivity index (χ2n) is 4.61. The molecule has 0 bridgehead atoms. The molecule has 1 aliphatic rings. The normalized spacial score (nSPS) is 24.6. The van der Waals surface area contributed by atoms with E-state index in [9.17, 15) is 0 Å². The summed E-state index contributed by atoms with van der Waals surface area (Å²) >= 11 is 0. The van der Waals surface area contributed by atoms with Gasteiger partial charge in [0.05, 0.1) is 0 Å². The van der Waals surface area contributed by atoms with Crippen LogP contribution in [0.25, 0.3) is 0 Å². The molecule has 0 unspecified atom stereocenters. The lowest BCUT2D eigenvalue weighted by atomic mass is 9.76. The van der Waals surface area contributed by atoms with Gasteiger partial charge in [-0.05, 0) is 31.2 Å². The van der Waals surface area contributed by atoms with Gasteiger partial charge in [-0.1, -0.05) is 42.5 Å². The van der Waals surface area contributed by atoms with Crippen molar-refractivity contribution in [2.75, 3.05) is 6.54 Å². The Labute approximate surface area is 92.2 Å². The van der Waals surface area contributed by atoms with E-state index in [1.807, 2.05) is 0 Å². The summed E-state index contributed by atoms with van der Waals surface area (Å²) in [4.78, 5) is 0.